The zero-order chi connectivity index (χ0) is 37.4. The number of aromatic nitrogens is 1. The molecule has 3 aromatic rings. The number of carboxylic acids is 1. The Morgan fingerprint density at radius 3 is 2.42 bits per heavy atom. The van der Waals surface area contributed by atoms with Gasteiger partial charge in [0.2, 0.25) is 0 Å². The number of allylic oxidation sites excluding steroid dienone is 1. The molecule has 1 aliphatic heterocycles. The molecule has 0 spiro atoms. The molecule has 0 aliphatic carbocycles. The third-order valence-electron chi connectivity index (χ3n) is 8.02. The number of ether oxygens (including phenoxy) is 1. The number of halogens is 1. The number of piperazine rings is 1. The molecule has 1 fully saturated rings. The first-order chi connectivity index (χ1) is 23.8. The summed E-state index contributed by atoms with van der Waals surface area (Å²) in [7, 11) is 0. The molecule has 4 rings (SSSR count). The van der Waals surface area contributed by atoms with Gasteiger partial charge in [0, 0.05) is 55.8 Å². The van der Waals surface area contributed by atoms with Crippen molar-refractivity contribution in [2.45, 2.75) is 74.8 Å². The van der Waals surface area contributed by atoms with Gasteiger partial charge in [-0.1, -0.05) is 45.5 Å². The van der Waals surface area contributed by atoms with Crippen LogP contribution >= 0.6 is 0 Å². The van der Waals surface area contributed by atoms with E-state index >= 15 is 0 Å². The number of carbonyl (C=O) groups is 1. The van der Waals surface area contributed by atoms with Crippen molar-refractivity contribution >= 4 is 17.5 Å². The number of nitriles is 1. The minimum Gasteiger partial charge on any atom is -0.478 e. The van der Waals surface area contributed by atoms with Crippen molar-refractivity contribution in [2.24, 2.45) is 0 Å². The lowest BCUT2D eigenvalue weighted by Crippen LogP contribution is -2.53. The average Bonchev–Trinajstić information content (AvgIpc) is 3.09. The van der Waals surface area contributed by atoms with E-state index in [0.29, 0.717) is 36.7 Å². The molecule has 1 N–H and O–H groups in total. The van der Waals surface area contributed by atoms with Gasteiger partial charge in [0.15, 0.2) is 0 Å². The fraction of sp³-hybridized carbons (Fsp3) is 0.390. The van der Waals surface area contributed by atoms with Crippen molar-refractivity contribution in [1.82, 2.24) is 9.88 Å². The monoisotopic (exact) mass is 683 g/mol. The number of pyridine rings is 1. The number of rotatable bonds is 11. The summed E-state index contributed by atoms with van der Waals surface area (Å²) in [6, 6.07) is 18.1. The highest BCUT2D eigenvalue weighted by Gasteiger charge is 2.27. The maximum Gasteiger partial charge on any atom is 0.335 e. The Morgan fingerprint density at radius 1 is 1.12 bits per heavy atom. The molecule has 50 heavy (non-hydrogen) atoms. The normalized spacial score (nSPS) is 14.2. The van der Waals surface area contributed by atoms with E-state index < -0.39 is 5.97 Å². The summed E-state index contributed by atoms with van der Waals surface area (Å²) in [6.45, 7) is 26.4. The van der Waals surface area contributed by atoms with Crippen LogP contribution in [0.2, 0.25) is 0 Å². The van der Waals surface area contributed by atoms with Crippen molar-refractivity contribution in [1.29, 1.82) is 5.26 Å². The zero-order valence-corrected chi connectivity index (χ0v) is 31.3. The number of hydrogen-bond donors (Lipinski definition) is 1. The molecule has 1 aliphatic rings. The third-order valence-corrected chi connectivity index (χ3v) is 8.02. The van der Waals surface area contributed by atoms with E-state index in [4.69, 9.17) is 15.0 Å². The van der Waals surface area contributed by atoms with E-state index in [1.165, 1.54) is 6.07 Å². The van der Waals surface area contributed by atoms with Gasteiger partial charge in [-0.15, -0.1) is 0 Å². The number of carboxylic acid groups (broad SMARTS) is 1. The largest absolute Gasteiger partial charge is 0.478 e. The number of benzene rings is 2. The Bertz CT molecular complexity index is 1690. The summed E-state index contributed by atoms with van der Waals surface area (Å²) in [4.78, 5) is 23.3. The number of aryl methyl sites for hydroxylation is 3. The predicted octanol–water partition coefficient (Wildman–Crippen LogP) is 9.06. The fourth-order valence-electron chi connectivity index (χ4n) is 5.34. The van der Waals surface area contributed by atoms with E-state index in [-0.39, 0.29) is 11.4 Å². The molecule has 2 heterocycles. The van der Waals surface area contributed by atoms with E-state index in [1.807, 2.05) is 73.6 Å². The minimum absolute atomic E-state index is 0.258. The Hall–Kier alpha value is -4.94. The molecule has 268 valence electrons. The molecule has 0 bridgehead atoms. The van der Waals surface area contributed by atoms with Crippen LogP contribution in [0.5, 0.6) is 0 Å². The summed E-state index contributed by atoms with van der Waals surface area (Å²) >= 11 is 0. The quantitative estimate of drug-likeness (QED) is 0.200. The molecule has 1 unspecified atom stereocenters. The summed E-state index contributed by atoms with van der Waals surface area (Å²) in [5.41, 5.74) is 7.13. The smallest absolute Gasteiger partial charge is 0.335 e. The van der Waals surface area contributed by atoms with Crippen LogP contribution in [0.1, 0.15) is 81.2 Å². The molecule has 2 aromatic carbocycles. The van der Waals surface area contributed by atoms with Crippen molar-refractivity contribution in [3.8, 4) is 6.07 Å². The van der Waals surface area contributed by atoms with Gasteiger partial charge in [-0.05, 0) is 107 Å². The van der Waals surface area contributed by atoms with Crippen molar-refractivity contribution < 1.29 is 19.0 Å². The van der Waals surface area contributed by atoms with Crippen LogP contribution < -0.4 is 9.80 Å². The highest BCUT2D eigenvalue weighted by Crippen LogP contribution is 2.28. The molecule has 1 atom stereocenters. The van der Waals surface area contributed by atoms with Gasteiger partial charge in [0.25, 0.3) is 0 Å². The Morgan fingerprint density at radius 2 is 1.84 bits per heavy atom. The van der Waals surface area contributed by atoms with Crippen molar-refractivity contribution in [3.05, 3.63) is 124 Å². The summed E-state index contributed by atoms with van der Waals surface area (Å²) in [5.74, 6) is -0.211. The van der Waals surface area contributed by atoms with Crippen LogP contribution in [0.3, 0.4) is 0 Å². The first kappa shape index (κ1) is 41.2. The van der Waals surface area contributed by atoms with Crippen LogP contribution in [-0.4, -0.2) is 59.7 Å². The van der Waals surface area contributed by atoms with E-state index in [0.717, 1.165) is 59.2 Å². The lowest BCUT2D eigenvalue weighted by atomic mass is 10.1. The van der Waals surface area contributed by atoms with Gasteiger partial charge in [-0.25, -0.2) is 14.2 Å². The Kier molecular flexibility index (Phi) is 16.9. The maximum atomic E-state index is 12.9. The molecule has 0 saturated carbocycles. The second-order valence-corrected chi connectivity index (χ2v) is 12.4. The molecule has 0 amide bonds. The van der Waals surface area contributed by atoms with Crippen LogP contribution in [0.15, 0.2) is 90.5 Å². The first-order valence-corrected chi connectivity index (χ1v) is 17.2. The van der Waals surface area contributed by atoms with Crippen molar-refractivity contribution in [3.63, 3.8) is 0 Å². The highest BCUT2D eigenvalue weighted by molar-refractivity contribution is 5.89. The highest BCUT2D eigenvalue weighted by atomic mass is 19.1. The van der Waals surface area contributed by atoms with Gasteiger partial charge in [0.1, 0.15) is 11.6 Å². The fourth-order valence-corrected chi connectivity index (χ4v) is 5.34. The zero-order valence-electron chi connectivity index (χ0n) is 31.3. The number of anilines is 2. The lowest BCUT2D eigenvalue weighted by molar-refractivity contribution is 0.0697. The van der Waals surface area contributed by atoms with Crippen LogP contribution in [-0.2, 0) is 11.2 Å². The first-order valence-electron chi connectivity index (χ1n) is 17.2. The molecular formula is C41H54FN5O3. The van der Waals surface area contributed by atoms with Crippen LogP contribution in [0, 0.1) is 31.0 Å². The molecule has 1 aromatic heterocycles. The van der Waals surface area contributed by atoms with Gasteiger partial charge in [-0.3, -0.25) is 4.90 Å². The molecule has 0 radical (unpaired) electrons. The lowest BCUT2D eigenvalue weighted by Gasteiger charge is -2.42. The number of hydrogen-bond acceptors (Lipinski definition) is 7. The standard InChI is InChI=1S/C30H40N4O3.C9H8FN.C2H6/c1-21(2)19-37-20-22(3)16-34(28-15-27(30(35)36)12-11-23(28)4)26(7)18-32-13-14-33(17-25(32)6)29-10-8-9-24(5)31-29;1-2-8-4-3-7(6-11)5-9(8)10;1-2/h8-12,15,19-20,25H,7,13-14,16-18H2,1-6H3,(H,35,36);3-5H,2H2,1H3;1-2H3/b22-20+;;. The van der Waals surface area contributed by atoms with Crippen molar-refractivity contribution in [2.75, 3.05) is 42.5 Å². The molecular weight excluding hydrogens is 629 g/mol. The average molecular weight is 684 g/mol. The van der Waals surface area contributed by atoms with Crippen LogP contribution in [0.25, 0.3) is 0 Å². The predicted molar refractivity (Wildman–Crippen MR) is 203 cm³/mol. The Balaban J connectivity index is 0.000000561. The molecule has 1 saturated heterocycles. The van der Waals surface area contributed by atoms with Gasteiger partial charge in [-0.2, -0.15) is 5.26 Å². The van der Waals surface area contributed by atoms with Gasteiger partial charge < -0.3 is 19.6 Å². The molecule has 9 heteroatoms. The SMILES string of the molecule is C=C(CN1CCN(c2cccc(C)n2)CC1C)N(C/C(C)=C/OC=C(C)C)c1cc(C(=O)O)ccc1C.CC.CCc1ccc(C#N)cc1F. The topological polar surface area (TPSA) is 92.9 Å². The van der Waals surface area contributed by atoms with E-state index in [9.17, 15) is 14.3 Å². The second-order valence-electron chi connectivity index (χ2n) is 12.4. The van der Waals surface area contributed by atoms with Crippen LogP contribution in [0.4, 0.5) is 15.9 Å². The second kappa shape index (κ2) is 20.5. The number of nitrogens with zero attached hydrogens (tertiary/aromatic N) is 5. The minimum atomic E-state index is -0.944. The summed E-state index contributed by atoms with van der Waals surface area (Å²) in [5, 5.41) is 18.0. The number of aromatic carboxylic acids is 1. The Labute approximate surface area is 298 Å². The van der Waals surface area contributed by atoms with Gasteiger partial charge in [0.05, 0.1) is 29.7 Å². The van der Waals surface area contributed by atoms with E-state index in [1.54, 1.807) is 36.8 Å². The third kappa shape index (κ3) is 12.5. The summed E-state index contributed by atoms with van der Waals surface area (Å²) in [6.07, 6.45) is 4.11. The molecule has 8 nitrogen and oxygen atoms in total. The van der Waals surface area contributed by atoms with E-state index in [2.05, 4.69) is 40.3 Å². The van der Waals surface area contributed by atoms with Gasteiger partial charge >= 0.3 is 5.97 Å². The summed E-state index contributed by atoms with van der Waals surface area (Å²) < 4.78 is 18.5. The maximum absolute atomic E-state index is 12.9.